The van der Waals surface area contributed by atoms with Crippen molar-refractivity contribution in [3.05, 3.63) is 29.3 Å². The molecule has 0 radical (unpaired) electrons. The smallest absolute Gasteiger partial charge is 0.0637 e. The maximum Gasteiger partial charge on any atom is 0.0637 e. The van der Waals surface area contributed by atoms with Crippen molar-refractivity contribution in [3.8, 4) is 0 Å². The molecule has 0 aliphatic carbocycles. The summed E-state index contributed by atoms with van der Waals surface area (Å²) in [4.78, 5) is 0. The molecule has 1 aromatic rings. The second-order valence-corrected chi connectivity index (χ2v) is 4.06. The summed E-state index contributed by atoms with van der Waals surface area (Å²) in [5.41, 5.74) is 1.02. The quantitative estimate of drug-likeness (QED) is 0.778. The Labute approximate surface area is 85.1 Å². The minimum atomic E-state index is 0.444. The summed E-state index contributed by atoms with van der Waals surface area (Å²) in [5, 5.41) is 4.16. The minimum Gasteiger partial charge on any atom is -0.381 e. The molecule has 2 heteroatoms. The highest BCUT2D eigenvalue weighted by Gasteiger charge is 2.07. The number of nitrogens with one attached hydrogen (secondary N) is 1. The Hall–Kier alpha value is -0.690. The van der Waals surface area contributed by atoms with Crippen LogP contribution in [0.1, 0.15) is 20.8 Å². The lowest BCUT2D eigenvalue weighted by Gasteiger charge is -2.19. The number of rotatable bonds is 3. The monoisotopic (exact) mass is 197 g/mol. The van der Waals surface area contributed by atoms with Crippen molar-refractivity contribution in [2.45, 2.75) is 26.8 Å². The van der Waals surface area contributed by atoms with Crippen molar-refractivity contribution in [2.75, 3.05) is 5.32 Å². The molecule has 0 heterocycles. The molecular weight excluding hydrogens is 182 g/mol. The van der Waals surface area contributed by atoms with Crippen molar-refractivity contribution >= 4 is 17.3 Å². The molecule has 0 aromatic heterocycles. The van der Waals surface area contributed by atoms with E-state index in [1.165, 1.54) is 0 Å². The van der Waals surface area contributed by atoms with E-state index in [1.807, 2.05) is 24.3 Å². The zero-order chi connectivity index (χ0) is 9.84. The summed E-state index contributed by atoms with van der Waals surface area (Å²) in [6.45, 7) is 6.54. The van der Waals surface area contributed by atoms with Gasteiger partial charge in [0.15, 0.2) is 0 Å². The first-order valence-electron chi connectivity index (χ1n) is 4.62. The van der Waals surface area contributed by atoms with Gasteiger partial charge >= 0.3 is 0 Å². The first kappa shape index (κ1) is 10.4. The number of benzene rings is 1. The van der Waals surface area contributed by atoms with E-state index in [9.17, 15) is 0 Å². The number of para-hydroxylation sites is 1. The fourth-order valence-corrected chi connectivity index (χ4v) is 1.18. The van der Waals surface area contributed by atoms with Gasteiger partial charge in [-0.25, -0.2) is 0 Å². The van der Waals surface area contributed by atoms with Crippen LogP contribution < -0.4 is 5.32 Å². The SMILES string of the molecule is CC(C)C(C)Nc1ccccc1Cl. The van der Waals surface area contributed by atoms with E-state index in [-0.39, 0.29) is 0 Å². The topological polar surface area (TPSA) is 12.0 Å². The zero-order valence-corrected chi connectivity index (χ0v) is 9.10. The molecule has 0 fully saturated rings. The van der Waals surface area contributed by atoms with E-state index in [1.54, 1.807) is 0 Å². The molecule has 0 aliphatic rings. The van der Waals surface area contributed by atoms with Crippen LogP contribution in [0.3, 0.4) is 0 Å². The average molecular weight is 198 g/mol. The van der Waals surface area contributed by atoms with Gasteiger partial charge in [-0.05, 0) is 25.0 Å². The highest BCUT2D eigenvalue weighted by atomic mass is 35.5. The molecule has 0 saturated heterocycles. The zero-order valence-electron chi connectivity index (χ0n) is 8.34. The van der Waals surface area contributed by atoms with E-state index < -0.39 is 0 Å². The molecule has 1 aromatic carbocycles. The minimum absolute atomic E-state index is 0.444. The predicted molar refractivity (Wildman–Crippen MR) is 59.4 cm³/mol. The van der Waals surface area contributed by atoms with Crippen LogP contribution in [0.5, 0.6) is 0 Å². The van der Waals surface area contributed by atoms with Crippen molar-refractivity contribution < 1.29 is 0 Å². The molecule has 0 amide bonds. The molecule has 1 nitrogen and oxygen atoms in total. The molecule has 1 N–H and O–H groups in total. The third-order valence-electron chi connectivity index (χ3n) is 2.26. The van der Waals surface area contributed by atoms with Crippen LogP contribution in [0.15, 0.2) is 24.3 Å². The number of halogens is 1. The molecule has 1 rings (SSSR count). The predicted octanol–water partition coefficient (Wildman–Crippen LogP) is 3.80. The summed E-state index contributed by atoms with van der Waals surface area (Å²) in [6.07, 6.45) is 0. The molecular formula is C11H16ClN. The lowest BCUT2D eigenvalue weighted by molar-refractivity contribution is 0.560. The first-order valence-corrected chi connectivity index (χ1v) is 5.00. The molecule has 72 valence electrons. The Morgan fingerprint density at radius 3 is 2.31 bits per heavy atom. The van der Waals surface area contributed by atoms with Gasteiger partial charge in [0.1, 0.15) is 0 Å². The molecule has 13 heavy (non-hydrogen) atoms. The molecule has 0 bridgehead atoms. The van der Waals surface area contributed by atoms with Crippen LogP contribution >= 0.6 is 11.6 Å². The lowest BCUT2D eigenvalue weighted by atomic mass is 10.1. The van der Waals surface area contributed by atoms with Gasteiger partial charge < -0.3 is 5.32 Å². The largest absolute Gasteiger partial charge is 0.381 e. The number of hydrogen-bond donors (Lipinski definition) is 1. The van der Waals surface area contributed by atoms with E-state index in [0.717, 1.165) is 10.7 Å². The Balaban J connectivity index is 2.69. The third kappa shape index (κ3) is 2.92. The van der Waals surface area contributed by atoms with Crippen molar-refractivity contribution in [2.24, 2.45) is 5.92 Å². The maximum atomic E-state index is 6.01. The Bertz CT molecular complexity index is 271. The summed E-state index contributed by atoms with van der Waals surface area (Å²) in [6, 6.07) is 8.27. The van der Waals surface area contributed by atoms with Gasteiger partial charge in [-0.2, -0.15) is 0 Å². The van der Waals surface area contributed by atoms with Gasteiger partial charge in [-0.15, -0.1) is 0 Å². The average Bonchev–Trinajstić information content (AvgIpc) is 2.08. The normalized spacial score (nSPS) is 13.0. The van der Waals surface area contributed by atoms with Crippen LogP contribution in [0.25, 0.3) is 0 Å². The lowest BCUT2D eigenvalue weighted by Crippen LogP contribution is -2.21. The molecule has 0 spiro atoms. The number of anilines is 1. The van der Waals surface area contributed by atoms with Gasteiger partial charge in [0.2, 0.25) is 0 Å². The fraction of sp³-hybridized carbons (Fsp3) is 0.455. The van der Waals surface area contributed by atoms with E-state index in [2.05, 4.69) is 26.1 Å². The third-order valence-corrected chi connectivity index (χ3v) is 2.59. The summed E-state index contributed by atoms with van der Waals surface area (Å²) >= 11 is 6.01. The van der Waals surface area contributed by atoms with E-state index >= 15 is 0 Å². The van der Waals surface area contributed by atoms with Crippen LogP contribution in [0.2, 0.25) is 5.02 Å². The van der Waals surface area contributed by atoms with E-state index in [0.29, 0.717) is 12.0 Å². The van der Waals surface area contributed by atoms with Gasteiger partial charge in [0, 0.05) is 6.04 Å². The van der Waals surface area contributed by atoms with E-state index in [4.69, 9.17) is 11.6 Å². The van der Waals surface area contributed by atoms with Crippen molar-refractivity contribution in [3.63, 3.8) is 0 Å². The van der Waals surface area contributed by atoms with Crippen LogP contribution in [-0.2, 0) is 0 Å². The standard InChI is InChI=1S/C11H16ClN/c1-8(2)9(3)13-11-7-5-4-6-10(11)12/h4-9,13H,1-3H3. The van der Waals surface area contributed by atoms with Crippen LogP contribution in [0, 0.1) is 5.92 Å². The highest BCUT2D eigenvalue weighted by molar-refractivity contribution is 6.33. The number of hydrogen-bond acceptors (Lipinski definition) is 1. The molecule has 1 atom stereocenters. The first-order chi connectivity index (χ1) is 6.11. The molecule has 0 aliphatic heterocycles. The molecule has 1 unspecified atom stereocenters. The Morgan fingerprint density at radius 2 is 1.77 bits per heavy atom. The second-order valence-electron chi connectivity index (χ2n) is 3.66. The summed E-state index contributed by atoms with van der Waals surface area (Å²) in [5.74, 6) is 0.608. The maximum absolute atomic E-state index is 6.01. The van der Waals surface area contributed by atoms with Gasteiger partial charge in [-0.1, -0.05) is 37.6 Å². The second kappa shape index (κ2) is 4.52. The summed E-state index contributed by atoms with van der Waals surface area (Å²) < 4.78 is 0. The van der Waals surface area contributed by atoms with Crippen LogP contribution in [-0.4, -0.2) is 6.04 Å². The highest BCUT2D eigenvalue weighted by Crippen LogP contribution is 2.22. The van der Waals surface area contributed by atoms with Crippen molar-refractivity contribution in [1.29, 1.82) is 0 Å². The summed E-state index contributed by atoms with van der Waals surface area (Å²) in [7, 11) is 0. The Morgan fingerprint density at radius 1 is 1.15 bits per heavy atom. The van der Waals surface area contributed by atoms with Gasteiger partial charge in [0.05, 0.1) is 10.7 Å². The fourth-order valence-electron chi connectivity index (χ4n) is 0.990. The van der Waals surface area contributed by atoms with Crippen LogP contribution in [0.4, 0.5) is 5.69 Å². The molecule has 0 saturated carbocycles. The van der Waals surface area contributed by atoms with Crippen molar-refractivity contribution in [1.82, 2.24) is 0 Å². The Kier molecular flexibility index (Phi) is 3.61. The van der Waals surface area contributed by atoms with Gasteiger partial charge in [0.25, 0.3) is 0 Å². The van der Waals surface area contributed by atoms with Gasteiger partial charge in [-0.3, -0.25) is 0 Å².